The van der Waals surface area contributed by atoms with E-state index in [1.807, 2.05) is 11.7 Å². The average Bonchev–Trinajstić information content (AvgIpc) is 2.67. The Morgan fingerprint density at radius 1 is 1.21 bits per heavy atom. The lowest BCUT2D eigenvalue weighted by atomic mass is 10.2. The lowest BCUT2D eigenvalue weighted by Crippen LogP contribution is -2.47. The fraction of sp³-hybridized carbons (Fsp3) is 0.786. The Hall–Kier alpha value is -1.07. The van der Waals surface area contributed by atoms with Crippen molar-refractivity contribution in [2.75, 3.05) is 44.7 Å². The first kappa shape index (κ1) is 14.3. The summed E-state index contributed by atoms with van der Waals surface area (Å²) in [6, 6.07) is 0. The highest BCUT2D eigenvalue weighted by Crippen LogP contribution is 2.24. The van der Waals surface area contributed by atoms with Crippen molar-refractivity contribution in [2.45, 2.75) is 26.8 Å². The summed E-state index contributed by atoms with van der Waals surface area (Å²) in [6.07, 6.45) is 1.25. The van der Waals surface area contributed by atoms with Crippen LogP contribution in [0.15, 0.2) is 0 Å². The lowest BCUT2D eigenvalue weighted by molar-refractivity contribution is 0.257. The minimum absolute atomic E-state index is 0.893. The zero-order chi connectivity index (χ0) is 13.8. The highest BCUT2D eigenvalue weighted by molar-refractivity contribution is 5.50. The van der Waals surface area contributed by atoms with Crippen LogP contribution in [0.5, 0.6) is 0 Å². The van der Waals surface area contributed by atoms with Crippen LogP contribution >= 0.6 is 0 Å². The first-order valence-corrected chi connectivity index (χ1v) is 7.31. The molecule has 0 bridgehead atoms. The molecule has 1 aromatic heterocycles. The van der Waals surface area contributed by atoms with E-state index in [4.69, 9.17) is 0 Å². The molecule has 1 fully saturated rings. The molecule has 2 heterocycles. The maximum Gasteiger partial charge on any atom is 0.131 e. The topological polar surface area (TPSA) is 36.3 Å². The van der Waals surface area contributed by atoms with E-state index >= 15 is 0 Å². The van der Waals surface area contributed by atoms with E-state index in [-0.39, 0.29) is 0 Å². The number of nitrogens with zero attached hydrogens (tertiary/aromatic N) is 4. The van der Waals surface area contributed by atoms with Crippen molar-refractivity contribution in [1.82, 2.24) is 20.0 Å². The Balaban J connectivity index is 2.10. The molecular weight excluding hydrogens is 238 g/mol. The molecule has 0 radical (unpaired) electrons. The van der Waals surface area contributed by atoms with Gasteiger partial charge in [0.1, 0.15) is 5.82 Å². The maximum absolute atomic E-state index is 4.58. The molecule has 0 aromatic carbocycles. The Labute approximate surface area is 116 Å². The van der Waals surface area contributed by atoms with Crippen LogP contribution < -0.4 is 10.2 Å². The number of aromatic nitrogens is 2. The molecular formula is C14H27N5. The second-order valence-corrected chi connectivity index (χ2v) is 5.37. The van der Waals surface area contributed by atoms with Crippen LogP contribution in [0.25, 0.3) is 0 Å². The van der Waals surface area contributed by atoms with Gasteiger partial charge in [-0.05, 0) is 26.9 Å². The third-order valence-electron chi connectivity index (χ3n) is 3.88. The molecule has 0 aliphatic carbocycles. The molecule has 0 saturated carbocycles. The van der Waals surface area contributed by atoms with Gasteiger partial charge in [-0.1, -0.05) is 6.92 Å². The van der Waals surface area contributed by atoms with Crippen LogP contribution in [0, 0.1) is 6.92 Å². The van der Waals surface area contributed by atoms with Crippen LogP contribution in [-0.4, -0.2) is 54.5 Å². The third-order valence-corrected chi connectivity index (χ3v) is 3.88. The molecule has 5 nitrogen and oxygen atoms in total. The smallest absolute Gasteiger partial charge is 0.131 e. The largest absolute Gasteiger partial charge is 0.354 e. The van der Waals surface area contributed by atoms with Crippen molar-refractivity contribution in [3.8, 4) is 0 Å². The van der Waals surface area contributed by atoms with Crippen molar-refractivity contribution in [1.29, 1.82) is 0 Å². The zero-order valence-electron chi connectivity index (χ0n) is 12.7. The summed E-state index contributed by atoms with van der Waals surface area (Å²) >= 11 is 0. The van der Waals surface area contributed by atoms with Crippen LogP contribution in [0.2, 0.25) is 0 Å². The fourth-order valence-electron chi connectivity index (χ4n) is 2.97. The first-order chi connectivity index (χ1) is 9.17. The summed E-state index contributed by atoms with van der Waals surface area (Å²) in [5, 5.41) is 7.84. The average molecular weight is 265 g/mol. The fourth-order valence-corrected chi connectivity index (χ4v) is 2.97. The first-order valence-electron chi connectivity index (χ1n) is 7.31. The van der Waals surface area contributed by atoms with Crippen LogP contribution in [0.3, 0.4) is 0 Å². The van der Waals surface area contributed by atoms with Crippen LogP contribution in [-0.2, 0) is 13.6 Å². The number of nitrogens with one attached hydrogen (secondary N) is 1. The third kappa shape index (κ3) is 3.09. The van der Waals surface area contributed by atoms with Crippen molar-refractivity contribution < 1.29 is 0 Å². The molecule has 1 saturated heterocycles. The predicted octanol–water partition coefficient (Wildman–Crippen LogP) is 0.980. The van der Waals surface area contributed by atoms with Gasteiger partial charge in [0.15, 0.2) is 0 Å². The van der Waals surface area contributed by atoms with E-state index in [1.54, 1.807) is 0 Å². The molecule has 108 valence electrons. The Morgan fingerprint density at radius 3 is 2.47 bits per heavy atom. The van der Waals surface area contributed by atoms with E-state index in [0.29, 0.717) is 0 Å². The summed E-state index contributed by atoms with van der Waals surface area (Å²) in [5.74, 6) is 1.29. The van der Waals surface area contributed by atoms with Gasteiger partial charge in [0, 0.05) is 45.3 Å². The van der Waals surface area contributed by atoms with E-state index < -0.39 is 0 Å². The predicted molar refractivity (Wildman–Crippen MR) is 79.7 cm³/mol. The summed E-state index contributed by atoms with van der Waals surface area (Å²) in [4.78, 5) is 5.04. The zero-order valence-corrected chi connectivity index (χ0v) is 12.7. The quantitative estimate of drug-likeness (QED) is 0.861. The summed E-state index contributed by atoms with van der Waals surface area (Å²) in [6.45, 7) is 11.0. The highest BCUT2D eigenvalue weighted by atomic mass is 15.4. The van der Waals surface area contributed by atoms with Crippen molar-refractivity contribution >= 4 is 5.82 Å². The van der Waals surface area contributed by atoms with E-state index in [9.17, 15) is 0 Å². The van der Waals surface area contributed by atoms with Crippen molar-refractivity contribution in [2.24, 2.45) is 7.05 Å². The maximum atomic E-state index is 4.58. The van der Waals surface area contributed by atoms with Gasteiger partial charge in [-0.15, -0.1) is 0 Å². The molecule has 2 rings (SSSR count). The second-order valence-electron chi connectivity index (χ2n) is 5.37. The summed E-state index contributed by atoms with van der Waals surface area (Å²) in [7, 11) is 4.05. The van der Waals surface area contributed by atoms with Gasteiger partial charge in [0.2, 0.25) is 0 Å². The Morgan fingerprint density at radius 2 is 1.89 bits per heavy atom. The second kappa shape index (κ2) is 6.39. The number of anilines is 1. The van der Waals surface area contributed by atoms with Gasteiger partial charge >= 0.3 is 0 Å². The molecule has 1 aliphatic heterocycles. The van der Waals surface area contributed by atoms with Gasteiger partial charge in [-0.3, -0.25) is 9.58 Å². The molecule has 1 N–H and O–H groups in total. The van der Waals surface area contributed by atoms with E-state index in [0.717, 1.165) is 38.4 Å². The molecule has 0 unspecified atom stereocenters. The molecule has 1 aromatic rings. The molecule has 0 spiro atoms. The van der Waals surface area contributed by atoms with Crippen molar-refractivity contribution in [3.05, 3.63) is 11.3 Å². The minimum Gasteiger partial charge on any atom is -0.354 e. The highest BCUT2D eigenvalue weighted by Gasteiger charge is 2.22. The monoisotopic (exact) mass is 265 g/mol. The van der Waals surface area contributed by atoms with Gasteiger partial charge in [-0.2, -0.15) is 5.10 Å². The van der Waals surface area contributed by atoms with Gasteiger partial charge in [0.25, 0.3) is 0 Å². The van der Waals surface area contributed by atoms with Crippen LogP contribution in [0.1, 0.15) is 24.6 Å². The Kier molecular flexibility index (Phi) is 4.82. The van der Waals surface area contributed by atoms with Crippen LogP contribution in [0.4, 0.5) is 5.82 Å². The normalized spacial score (nSPS) is 17.2. The SMILES string of the molecule is CCCN1CCN(c2c(CNC)c(C)nn2C)CC1. The van der Waals surface area contributed by atoms with Gasteiger partial charge in [-0.25, -0.2) is 0 Å². The van der Waals surface area contributed by atoms with Gasteiger partial charge < -0.3 is 10.2 Å². The Bertz CT molecular complexity index is 404. The molecule has 1 aliphatic rings. The number of hydrogen-bond donors (Lipinski definition) is 1. The van der Waals surface area contributed by atoms with Gasteiger partial charge in [0.05, 0.1) is 5.69 Å². The molecule has 5 heteroatoms. The number of rotatable bonds is 5. The van der Waals surface area contributed by atoms with E-state index in [1.165, 1.54) is 24.3 Å². The molecule has 0 amide bonds. The number of piperazine rings is 1. The lowest BCUT2D eigenvalue weighted by Gasteiger charge is -2.36. The molecule has 19 heavy (non-hydrogen) atoms. The molecule has 0 atom stereocenters. The van der Waals surface area contributed by atoms with E-state index in [2.05, 4.69) is 41.1 Å². The summed E-state index contributed by atoms with van der Waals surface area (Å²) in [5.41, 5.74) is 2.48. The van der Waals surface area contributed by atoms with Crippen molar-refractivity contribution in [3.63, 3.8) is 0 Å². The standard InChI is InChI=1S/C14H27N5/c1-5-6-18-7-9-19(10-8-18)14-13(11-15-3)12(2)16-17(14)4/h15H,5-11H2,1-4H3. The minimum atomic E-state index is 0.893. The number of aryl methyl sites for hydroxylation is 2. The summed E-state index contributed by atoms with van der Waals surface area (Å²) < 4.78 is 2.04. The number of hydrogen-bond acceptors (Lipinski definition) is 4.